The van der Waals surface area contributed by atoms with E-state index in [4.69, 9.17) is 9.05 Å². The number of hydrogen-bond acceptors (Lipinski definition) is 5. The molecule has 0 radical (unpaired) electrons. The lowest BCUT2D eigenvalue weighted by Crippen LogP contribution is -2.34. The summed E-state index contributed by atoms with van der Waals surface area (Å²) < 4.78 is 24.3. The van der Waals surface area contributed by atoms with E-state index in [9.17, 15) is 14.5 Å². The van der Waals surface area contributed by atoms with E-state index in [2.05, 4.69) is 0 Å². The lowest BCUT2D eigenvalue weighted by Gasteiger charge is -2.33. The molecule has 0 amide bonds. The van der Waals surface area contributed by atoms with Gasteiger partial charge in [-0.3, -0.25) is 9.36 Å². The average Bonchev–Trinajstić information content (AvgIpc) is 2.52. The van der Waals surface area contributed by atoms with Gasteiger partial charge in [0.2, 0.25) is 0 Å². The summed E-state index contributed by atoms with van der Waals surface area (Å²) >= 11 is 0. The molecule has 5 nitrogen and oxygen atoms in total. The molecule has 0 aromatic heterocycles. The van der Waals surface area contributed by atoms with Gasteiger partial charge in [-0.05, 0) is 50.7 Å². The van der Waals surface area contributed by atoms with Gasteiger partial charge in [0.15, 0.2) is 5.78 Å². The second-order valence-corrected chi connectivity index (χ2v) is 12.3. The molecule has 0 saturated heterocycles. The van der Waals surface area contributed by atoms with E-state index in [1.807, 2.05) is 41.5 Å². The molecule has 0 heterocycles. The van der Waals surface area contributed by atoms with Gasteiger partial charge in [0, 0.05) is 16.7 Å². The van der Waals surface area contributed by atoms with Crippen molar-refractivity contribution in [2.45, 2.75) is 85.2 Å². The first kappa shape index (κ1) is 24.9. The number of carbonyl (C=O) groups excluding carboxylic acids is 1. The highest BCUT2D eigenvalue weighted by atomic mass is 31.2. The van der Waals surface area contributed by atoms with Crippen molar-refractivity contribution in [1.82, 2.24) is 0 Å². The third kappa shape index (κ3) is 4.87. The van der Waals surface area contributed by atoms with Gasteiger partial charge in [-0.1, -0.05) is 41.5 Å². The standard InChI is InChI=1S/C22H37O5P/c1-11-26-28(25,27-12-2)22(9,10)19(24)15-13-16(20(3,4)5)18(23)17(14-15)21(6,7)8/h13-14,23H,11-12H2,1-10H3. The van der Waals surface area contributed by atoms with Gasteiger partial charge in [0.05, 0.1) is 13.2 Å². The molecule has 0 bridgehead atoms. The lowest BCUT2D eigenvalue weighted by molar-refractivity contribution is 0.0923. The van der Waals surface area contributed by atoms with Crippen molar-refractivity contribution in [3.05, 3.63) is 28.8 Å². The van der Waals surface area contributed by atoms with E-state index in [1.165, 1.54) is 0 Å². The molecular formula is C22H37O5P. The minimum Gasteiger partial charge on any atom is -0.507 e. The number of hydrogen-bond donors (Lipinski definition) is 1. The average molecular weight is 413 g/mol. The first-order chi connectivity index (χ1) is 12.5. The molecule has 0 aliphatic rings. The van der Waals surface area contributed by atoms with Crippen LogP contribution in [0.4, 0.5) is 0 Å². The number of phenols is 1. The summed E-state index contributed by atoms with van der Waals surface area (Å²) in [6.07, 6.45) is 0. The molecule has 1 rings (SSSR count). The van der Waals surface area contributed by atoms with Crippen LogP contribution in [0.25, 0.3) is 0 Å². The largest absolute Gasteiger partial charge is 0.507 e. The van der Waals surface area contributed by atoms with Crippen LogP contribution in [0.2, 0.25) is 0 Å². The summed E-state index contributed by atoms with van der Waals surface area (Å²) in [6, 6.07) is 3.41. The molecular weight excluding hydrogens is 375 g/mol. The first-order valence-electron chi connectivity index (χ1n) is 9.85. The normalized spacial score (nSPS) is 13.6. The van der Waals surface area contributed by atoms with Crippen molar-refractivity contribution in [3.8, 4) is 5.75 Å². The van der Waals surface area contributed by atoms with Gasteiger partial charge < -0.3 is 14.2 Å². The van der Waals surface area contributed by atoms with Crippen molar-refractivity contribution in [2.75, 3.05) is 13.2 Å². The molecule has 0 fully saturated rings. The van der Waals surface area contributed by atoms with Crippen LogP contribution in [0.5, 0.6) is 5.75 Å². The minimum absolute atomic E-state index is 0.185. The number of benzene rings is 1. The van der Waals surface area contributed by atoms with Gasteiger partial charge in [-0.2, -0.15) is 0 Å². The van der Waals surface area contributed by atoms with Gasteiger partial charge in [-0.15, -0.1) is 0 Å². The van der Waals surface area contributed by atoms with Gasteiger partial charge >= 0.3 is 7.60 Å². The Hall–Kier alpha value is -1.16. The third-order valence-electron chi connectivity index (χ3n) is 4.83. The molecule has 28 heavy (non-hydrogen) atoms. The highest BCUT2D eigenvalue weighted by Crippen LogP contribution is 2.61. The van der Waals surface area contributed by atoms with Crippen molar-refractivity contribution in [1.29, 1.82) is 0 Å². The van der Waals surface area contributed by atoms with Crippen molar-refractivity contribution in [2.24, 2.45) is 0 Å². The molecule has 1 aromatic rings. The molecule has 0 aliphatic carbocycles. The number of aromatic hydroxyl groups is 1. The molecule has 0 spiro atoms. The van der Waals surface area contributed by atoms with Gasteiger partial charge in [0.25, 0.3) is 0 Å². The van der Waals surface area contributed by atoms with Crippen molar-refractivity contribution >= 4 is 13.4 Å². The molecule has 0 unspecified atom stereocenters. The number of rotatable bonds is 7. The SMILES string of the molecule is CCOP(=O)(OCC)C(C)(C)C(=O)c1cc(C(C)(C)C)c(O)c(C(C)(C)C)c1. The molecule has 1 N–H and O–H groups in total. The number of ketones is 1. The number of phenolic OH excluding ortho intramolecular Hbond substituents is 1. The van der Waals surface area contributed by atoms with Crippen LogP contribution in [0.15, 0.2) is 12.1 Å². The predicted octanol–water partition coefficient (Wildman–Crippen LogP) is 6.21. The summed E-state index contributed by atoms with van der Waals surface area (Å²) in [4.78, 5) is 13.5. The Morgan fingerprint density at radius 2 is 1.25 bits per heavy atom. The van der Waals surface area contributed by atoms with E-state index in [-0.39, 0.29) is 35.6 Å². The fourth-order valence-electron chi connectivity index (χ4n) is 3.09. The lowest BCUT2D eigenvalue weighted by atomic mass is 9.77. The molecule has 1 aromatic carbocycles. The monoisotopic (exact) mass is 412 g/mol. The number of carbonyl (C=O) groups is 1. The highest BCUT2D eigenvalue weighted by Gasteiger charge is 2.49. The minimum atomic E-state index is -3.68. The summed E-state index contributed by atoms with van der Waals surface area (Å²) in [5.74, 6) is -0.124. The topological polar surface area (TPSA) is 72.8 Å². The van der Waals surface area contributed by atoms with E-state index >= 15 is 0 Å². The van der Waals surface area contributed by atoms with Crippen LogP contribution in [-0.4, -0.2) is 29.3 Å². The van der Waals surface area contributed by atoms with Crippen LogP contribution in [0.3, 0.4) is 0 Å². The zero-order valence-corrected chi connectivity index (χ0v) is 20.0. The Morgan fingerprint density at radius 1 is 0.893 bits per heavy atom. The van der Waals surface area contributed by atoms with Crippen LogP contribution in [-0.2, 0) is 24.4 Å². The van der Waals surface area contributed by atoms with E-state index in [0.717, 1.165) is 0 Å². The maximum atomic E-state index is 13.5. The molecule has 160 valence electrons. The van der Waals surface area contributed by atoms with Gasteiger partial charge in [-0.25, -0.2) is 0 Å². The van der Waals surface area contributed by atoms with Crippen LogP contribution < -0.4 is 0 Å². The number of Topliss-reactive ketones (excluding diaryl/α,β-unsaturated/α-hetero) is 1. The maximum absolute atomic E-state index is 13.5. The first-order valence-corrected chi connectivity index (χ1v) is 11.4. The van der Waals surface area contributed by atoms with Crippen molar-refractivity contribution in [3.63, 3.8) is 0 Å². The Balaban J connectivity index is 3.70. The molecule has 6 heteroatoms. The summed E-state index contributed by atoms with van der Waals surface area (Å²) in [5, 5.41) is 9.52. The Labute approximate surface area is 170 Å². The quantitative estimate of drug-likeness (QED) is 0.425. The molecule has 0 atom stereocenters. The molecule has 0 saturated carbocycles. The van der Waals surface area contributed by atoms with Crippen LogP contribution in [0.1, 0.15) is 90.7 Å². The Morgan fingerprint density at radius 3 is 1.54 bits per heavy atom. The van der Waals surface area contributed by atoms with E-state index in [1.54, 1.807) is 39.8 Å². The molecule has 0 aliphatic heterocycles. The van der Waals surface area contributed by atoms with E-state index < -0.39 is 12.8 Å². The van der Waals surface area contributed by atoms with Crippen molar-refractivity contribution < 1.29 is 23.5 Å². The maximum Gasteiger partial charge on any atom is 0.343 e. The second-order valence-electron chi connectivity index (χ2n) is 9.64. The second kappa shape index (κ2) is 8.30. The third-order valence-corrected chi connectivity index (χ3v) is 7.60. The van der Waals surface area contributed by atoms with Gasteiger partial charge in [0.1, 0.15) is 10.9 Å². The summed E-state index contributed by atoms with van der Waals surface area (Å²) in [5.41, 5.74) is 1.03. The zero-order valence-electron chi connectivity index (χ0n) is 19.1. The summed E-state index contributed by atoms with van der Waals surface area (Å²) in [7, 11) is -3.68. The summed E-state index contributed by atoms with van der Waals surface area (Å²) in [6.45, 7) is 18.9. The van der Waals surface area contributed by atoms with E-state index in [0.29, 0.717) is 16.7 Å². The fourth-order valence-corrected chi connectivity index (χ4v) is 4.86. The highest BCUT2D eigenvalue weighted by molar-refractivity contribution is 7.56. The fraction of sp³-hybridized carbons (Fsp3) is 0.682. The smallest absolute Gasteiger partial charge is 0.343 e. The van der Waals surface area contributed by atoms with Crippen LogP contribution >= 0.6 is 7.60 Å². The van der Waals surface area contributed by atoms with Crippen LogP contribution in [0, 0.1) is 0 Å². The Bertz CT molecular complexity index is 721. The predicted molar refractivity (Wildman–Crippen MR) is 115 cm³/mol. The Kier molecular flexibility index (Phi) is 7.37. The zero-order chi connectivity index (χ0) is 22.1.